The monoisotopic (exact) mass is 310 g/mol. The fourth-order valence-electron chi connectivity index (χ4n) is 1.43. The molecule has 2 rings (SSSR count). The predicted molar refractivity (Wildman–Crippen MR) is 75.5 cm³/mol. The molecule has 1 N–H and O–H groups in total. The first-order chi connectivity index (χ1) is 8.15. The smallest absolute Gasteiger partial charge is 0.0502 e. The second-order valence-corrected chi connectivity index (χ2v) is 5.08. The third-order valence-corrected chi connectivity index (χ3v) is 3.31. The van der Waals surface area contributed by atoms with E-state index in [0.717, 1.165) is 33.0 Å². The van der Waals surface area contributed by atoms with E-state index in [1.165, 1.54) is 0 Å². The number of nitrogens with zero attached hydrogens (tertiary/aromatic N) is 1. The van der Waals surface area contributed by atoms with Gasteiger partial charge in [-0.2, -0.15) is 0 Å². The molecule has 0 bridgehead atoms. The van der Waals surface area contributed by atoms with Crippen molar-refractivity contribution in [2.75, 3.05) is 5.32 Å². The Labute approximate surface area is 114 Å². The van der Waals surface area contributed by atoms with Crippen LogP contribution in [0.25, 0.3) is 0 Å². The molecule has 0 aliphatic carbocycles. The molecule has 2 aromatic rings. The third-order valence-electron chi connectivity index (χ3n) is 2.38. The normalized spacial score (nSPS) is 10.3. The van der Waals surface area contributed by atoms with Crippen LogP contribution in [0.3, 0.4) is 0 Å². The van der Waals surface area contributed by atoms with Crippen molar-refractivity contribution in [1.82, 2.24) is 4.98 Å². The molecule has 0 atom stereocenters. The van der Waals surface area contributed by atoms with E-state index in [2.05, 4.69) is 32.3 Å². The standard InChI is InChI=1S/C13H12BrClN2/c1-9-2-3-10(7-16-9)8-17-13-6-11(15)4-5-12(13)14/h2-7,17H,8H2,1H3. The van der Waals surface area contributed by atoms with Gasteiger partial charge in [-0.15, -0.1) is 0 Å². The summed E-state index contributed by atoms with van der Waals surface area (Å²) in [6.45, 7) is 2.71. The fourth-order valence-corrected chi connectivity index (χ4v) is 1.99. The molecule has 2 nitrogen and oxygen atoms in total. The predicted octanol–water partition coefficient (Wildman–Crippen LogP) is 4.42. The van der Waals surface area contributed by atoms with Crippen LogP contribution < -0.4 is 5.32 Å². The van der Waals surface area contributed by atoms with Crippen LogP contribution in [0, 0.1) is 6.92 Å². The van der Waals surface area contributed by atoms with Gasteiger partial charge in [0.1, 0.15) is 0 Å². The molecule has 0 aliphatic rings. The van der Waals surface area contributed by atoms with Crippen LogP contribution in [0.5, 0.6) is 0 Å². The average molecular weight is 312 g/mol. The Morgan fingerprint density at radius 1 is 1.29 bits per heavy atom. The molecule has 0 unspecified atom stereocenters. The SMILES string of the molecule is Cc1ccc(CNc2cc(Cl)ccc2Br)cn1. The van der Waals surface area contributed by atoms with Gasteiger partial charge in [0.15, 0.2) is 0 Å². The fraction of sp³-hybridized carbons (Fsp3) is 0.154. The third kappa shape index (κ3) is 3.45. The zero-order valence-corrected chi connectivity index (χ0v) is 11.7. The maximum atomic E-state index is 5.95. The van der Waals surface area contributed by atoms with E-state index in [9.17, 15) is 0 Å². The average Bonchev–Trinajstić information content (AvgIpc) is 2.32. The van der Waals surface area contributed by atoms with Crippen molar-refractivity contribution >= 4 is 33.2 Å². The topological polar surface area (TPSA) is 24.9 Å². The Hall–Kier alpha value is -1.06. The summed E-state index contributed by atoms with van der Waals surface area (Å²) in [7, 11) is 0. The highest BCUT2D eigenvalue weighted by Crippen LogP contribution is 2.26. The van der Waals surface area contributed by atoms with Crippen LogP contribution in [0.2, 0.25) is 5.02 Å². The van der Waals surface area contributed by atoms with Gasteiger partial charge in [-0.3, -0.25) is 4.98 Å². The minimum absolute atomic E-state index is 0.720. The number of nitrogens with one attached hydrogen (secondary N) is 1. The lowest BCUT2D eigenvalue weighted by Gasteiger charge is -2.09. The molecule has 0 saturated carbocycles. The molecule has 0 fully saturated rings. The first kappa shape index (κ1) is 12.4. The lowest BCUT2D eigenvalue weighted by atomic mass is 10.2. The van der Waals surface area contributed by atoms with Crippen molar-refractivity contribution in [3.8, 4) is 0 Å². The van der Waals surface area contributed by atoms with Crippen molar-refractivity contribution in [3.63, 3.8) is 0 Å². The molecule has 1 aromatic heterocycles. The van der Waals surface area contributed by atoms with Crippen LogP contribution in [0.1, 0.15) is 11.3 Å². The van der Waals surface area contributed by atoms with Gasteiger partial charge in [0.25, 0.3) is 0 Å². The Morgan fingerprint density at radius 3 is 2.82 bits per heavy atom. The van der Waals surface area contributed by atoms with E-state index in [1.54, 1.807) is 0 Å². The van der Waals surface area contributed by atoms with Crippen LogP contribution in [-0.4, -0.2) is 4.98 Å². The summed E-state index contributed by atoms with van der Waals surface area (Å²) < 4.78 is 1.00. The van der Waals surface area contributed by atoms with Gasteiger partial charge in [0.2, 0.25) is 0 Å². The summed E-state index contributed by atoms with van der Waals surface area (Å²) in [5, 5.41) is 4.04. The van der Waals surface area contributed by atoms with Gasteiger partial charge in [-0.05, 0) is 52.7 Å². The quantitative estimate of drug-likeness (QED) is 0.907. The van der Waals surface area contributed by atoms with Crippen LogP contribution >= 0.6 is 27.5 Å². The molecule has 88 valence electrons. The molecule has 0 aliphatic heterocycles. The lowest BCUT2D eigenvalue weighted by molar-refractivity contribution is 1.08. The van der Waals surface area contributed by atoms with Crippen LogP contribution in [-0.2, 0) is 6.54 Å². The molecular weight excluding hydrogens is 300 g/mol. The van der Waals surface area contributed by atoms with Crippen molar-refractivity contribution in [1.29, 1.82) is 0 Å². The van der Waals surface area contributed by atoms with Crippen molar-refractivity contribution < 1.29 is 0 Å². The van der Waals surface area contributed by atoms with E-state index in [4.69, 9.17) is 11.6 Å². The highest BCUT2D eigenvalue weighted by atomic mass is 79.9. The molecule has 0 saturated heterocycles. The molecule has 4 heteroatoms. The second kappa shape index (κ2) is 5.52. The van der Waals surface area contributed by atoms with Crippen molar-refractivity contribution in [3.05, 3.63) is 57.3 Å². The lowest BCUT2D eigenvalue weighted by Crippen LogP contribution is -2.00. The number of aryl methyl sites for hydroxylation is 1. The van der Waals surface area contributed by atoms with Gasteiger partial charge in [0, 0.05) is 27.9 Å². The minimum Gasteiger partial charge on any atom is -0.380 e. The van der Waals surface area contributed by atoms with Crippen LogP contribution in [0.4, 0.5) is 5.69 Å². The Morgan fingerprint density at radius 2 is 2.12 bits per heavy atom. The summed E-state index contributed by atoms with van der Waals surface area (Å²) >= 11 is 9.43. The molecule has 0 amide bonds. The molecule has 0 radical (unpaired) electrons. The van der Waals surface area contributed by atoms with E-state index in [1.807, 2.05) is 37.4 Å². The van der Waals surface area contributed by atoms with Gasteiger partial charge in [-0.1, -0.05) is 17.7 Å². The minimum atomic E-state index is 0.720. The summed E-state index contributed by atoms with van der Waals surface area (Å²) in [6, 6.07) is 9.74. The highest BCUT2D eigenvalue weighted by molar-refractivity contribution is 9.10. The molecule has 17 heavy (non-hydrogen) atoms. The number of pyridine rings is 1. The molecular formula is C13H12BrClN2. The van der Waals surface area contributed by atoms with E-state index >= 15 is 0 Å². The number of hydrogen-bond acceptors (Lipinski definition) is 2. The zero-order valence-electron chi connectivity index (χ0n) is 9.37. The van der Waals surface area contributed by atoms with E-state index < -0.39 is 0 Å². The number of benzene rings is 1. The summed E-state index contributed by atoms with van der Waals surface area (Å²) in [4.78, 5) is 4.25. The molecule has 1 aromatic carbocycles. The summed E-state index contributed by atoms with van der Waals surface area (Å²) in [6.07, 6.45) is 1.88. The Kier molecular flexibility index (Phi) is 4.02. The van der Waals surface area contributed by atoms with Gasteiger partial charge in [-0.25, -0.2) is 0 Å². The van der Waals surface area contributed by atoms with Gasteiger partial charge >= 0.3 is 0 Å². The summed E-state index contributed by atoms with van der Waals surface area (Å²) in [5.74, 6) is 0. The van der Waals surface area contributed by atoms with Gasteiger partial charge in [0.05, 0.1) is 5.69 Å². The van der Waals surface area contributed by atoms with E-state index in [-0.39, 0.29) is 0 Å². The second-order valence-electron chi connectivity index (χ2n) is 3.79. The number of halogens is 2. The van der Waals surface area contributed by atoms with Crippen LogP contribution in [0.15, 0.2) is 41.0 Å². The van der Waals surface area contributed by atoms with Crippen molar-refractivity contribution in [2.45, 2.75) is 13.5 Å². The van der Waals surface area contributed by atoms with Crippen molar-refractivity contribution in [2.24, 2.45) is 0 Å². The summed E-state index contributed by atoms with van der Waals surface area (Å²) in [5.41, 5.74) is 3.15. The Balaban J connectivity index is 2.07. The number of anilines is 1. The first-order valence-electron chi connectivity index (χ1n) is 5.25. The number of aromatic nitrogens is 1. The maximum Gasteiger partial charge on any atom is 0.0502 e. The van der Waals surface area contributed by atoms with E-state index in [0.29, 0.717) is 0 Å². The molecule has 0 spiro atoms. The highest BCUT2D eigenvalue weighted by Gasteiger charge is 2.00. The Bertz CT molecular complexity index is 511. The maximum absolute atomic E-state index is 5.95. The largest absolute Gasteiger partial charge is 0.380 e. The number of rotatable bonds is 3. The number of hydrogen-bond donors (Lipinski definition) is 1. The zero-order chi connectivity index (χ0) is 12.3. The molecule has 1 heterocycles. The van der Waals surface area contributed by atoms with Gasteiger partial charge < -0.3 is 5.32 Å². The first-order valence-corrected chi connectivity index (χ1v) is 6.43.